The minimum absolute atomic E-state index is 0.0251. The van der Waals surface area contributed by atoms with Crippen LogP contribution in [0.2, 0.25) is 0 Å². The Morgan fingerprint density at radius 3 is 2.31 bits per heavy atom. The predicted molar refractivity (Wildman–Crippen MR) is 155 cm³/mol. The molecular weight excluding hydrogens is 549 g/mol. The third-order valence-electron chi connectivity index (χ3n) is 7.43. The molecule has 1 aliphatic heterocycles. The average Bonchev–Trinajstić information content (AvgIpc) is 2.94. The first-order valence-corrected chi connectivity index (χ1v) is 13.7. The lowest BCUT2D eigenvalue weighted by molar-refractivity contribution is -0.141. The summed E-state index contributed by atoms with van der Waals surface area (Å²) in [6.45, 7) is 11.2. The molecule has 2 aromatic carbocycles. The Morgan fingerprint density at radius 1 is 1.00 bits per heavy atom. The van der Waals surface area contributed by atoms with Gasteiger partial charge in [0.05, 0.1) is 5.56 Å². The number of nitrogens with one attached hydrogen (secondary N) is 2. The van der Waals surface area contributed by atoms with Crippen LogP contribution in [0, 0.1) is 12.3 Å². The number of rotatable bonds is 7. The number of aryl methyl sites for hydroxylation is 1. The lowest BCUT2D eigenvalue weighted by Gasteiger charge is -2.42. The summed E-state index contributed by atoms with van der Waals surface area (Å²) in [4.78, 5) is 37.9. The molecule has 2 heterocycles. The summed E-state index contributed by atoms with van der Waals surface area (Å²) < 4.78 is 45.4. The largest absolute Gasteiger partial charge is 0.439 e. The Kier molecular flexibility index (Phi) is 8.93. The van der Waals surface area contributed by atoms with Crippen molar-refractivity contribution >= 4 is 29.1 Å². The molecule has 1 fully saturated rings. The van der Waals surface area contributed by atoms with Crippen molar-refractivity contribution in [1.82, 2.24) is 14.9 Å². The summed E-state index contributed by atoms with van der Waals surface area (Å²) in [6.07, 6.45) is -2.32. The molecule has 1 atom stereocenters. The van der Waals surface area contributed by atoms with E-state index in [2.05, 4.69) is 32.4 Å². The smallest absolute Gasteiger partial charge is 0.416 e. The van der Waals surface area contributed by atoms with Crippen LogP contribution in [0.25, 0.3) is 0 Å². The fourth-order valence-electron chi connectivity index (χ4n) is 4.63. The number of benzene rings is 2. The number of anilines is 3. The Balaban J connectivity index is 1.35. The molecule has 0 bridgehead atoms. The topological polar surface area (TPSA) is 99.7 Å². The third kappa shape index (κ3) is 7.29. The van der Waals surface area contributed by atoms with Gasteiger partial charge in [-0.3, -0.25) is 4.79 Å². The van der Waals surface area contributed by atoms with Crippen molar-refractivity contribution in [2.45, 2.75) is 53.3 Å². The Hall–Kier alpha value is -4.35. The third-order valence-corrected chi connectivity index (χ3v) is 7.43. The highest BCUT2D eigenvalue weighted by Gasteiger charge is 2.35. The van der Waals surface area contributed by atoms with Crippen molar-refractivity contribution < 1.29 is 27.5 Å². The zero-order valence-electron chi connectivity index (χ0n) is 24.2. The van der Waals surface area contributed by atoms with Gasteiger partial charge in [-0.1, -0.05) is 26.8 Å². The van der Waals surface area contributed by atoms with E-state index in [1.807, 2.05) is 25.7 Å². The predicted octanol–water partition coefficient (Wildman–Crippen LogP) is 6.71. The maximum atomic E-state index is 13.2. The molecule has 1 aliphatic rings. The molecule has 3 aromatic rings. The molecule has 0 spiro atoms. The van der Waals surface area contributed by atoms with Gasteiger partial charge < -0.3 is 25.2 Å². The van der Waals surface area contributed by atoms with Crippen LogP contribution in [0.15, 0.2) is 54.9 Å². The molecule has 9 nitrogen and oxygen atoms in total. The monoisotopic (exact) mass is 584 g/mol. The van der Waals surface area contributed by atoms with Crippen LogP contribution in [0.4, 0.5) is 35.2 Å². The molecule has 1 saturated heterocycles. The van der Waals surface area contributed by atoms with Crippen LogP contribution in [0.5, 0.6) is 11.6 Å². The summed E-state index contributed by atoms with van der Waals surface area (Å²) in [5, 5.41) is 5.01. The minimum Gasteiger partial charge on any atom is -0.439 e. The number of carbonyl (C=O) groups excluding carboxylic acids is 2. The van der Waals surface area contributed by atoms with Gasteiger partial charge in [-0.15, -0.1) is 0 Å². The molecule has 4 rings (SSSR count). The van der Waals surface area contributed by atoms with Gasteiger partial charge in [0.25, 0.3) is 0 Å². The molecule has 0 unspecified atom stereocenters. The van der Waals surface area contributed by atoms with Crippen LogP contribution < -0.4 is 20.3 Å². The van der Waals surface area contributed by atoms with E-state index in [4.69, 9.17) is 4.74 Å². The zero-order chi connectivity index (χ0) is 30.7. The highest BCUT2D eigenvalue weighted by molar-refractivity contribution is 5.99. The number of hydrogen-bond donors (Lipinski definition) is 2. The SMILES string of the molecule is CCC(C)(C)C(=O)N1CCN(c2cc(Oc3ccc(NC(=O)Nc4ccc(C)c(C(F)(F)F)c4)cc3)ncn2)[C@H](C)C1. The maximum absolute atomic E-state index is 13.2. The number of alkyl halides is 3. The van der Waals surface area contributed by atoms with Gasteiger partial charge in [-0.05, 0) is 62.2 Å². The second kappa shape index (κ2) is 12.3. The summed E-state index contributed by atoms with van der Waals surface area (Å²) in [6, 6.07) is 11.2. The average molecular weight is 585 g/mol. The van der Waals surface area contributed by atoms with Crippen molar-refractivity contribution in [3.8, 4) is 11.6 Å². The number of ether oxygens (including phenoxy) is 1. The molecular formula is C30H35F3N6O3. The molecule has 12 heteroatoms. The second-order valence-electron chi connectivity index (χ2n) is 11.0. The van der Waals surface area contributed by atoms with Crippen molar-refractivity contribution in [2.24, 2.45) is 5.41 Å². The molecule has 42 heavy (non-hydrogen) atoms. The highest BCUT2D eigenvalue weighted by Crippen LogP contribution is 2.33. The van der Waals surface area contributed by atoms with E-state index in [1.54, 1.807) is 30.3 Å². The summed E-state index contributed by atoms with van der Waals surface area (Å²) in [7, 11) is 0. The van der Waals surface area contributed by atoms with E-state index in [1.165, 1.54) is 25.4 Å². The molecule has 0 aliphatic carbocycles. The van der Waals surface area contributed by atoms with Gasteiger partial charge in [-0.2, -0.15) is 13.2 Å². The van der Waals surface area contributed by atoms with Gasteiger partial charge in [0.15, 0.2) is 0 Å². The van der Waals surface area contributed by atoms with E-state index in [0.29, 0.717) is 42.8 Å². The van der Waals surface area contributed by atoms with Crippen LogP contribution in [0.3, 0.4) is 0 Å². The van der Waals surface area contributed by atoms with Crippen molar-refractivity contribution in [1.29, 1.82) is 0 Å². The van der Waals surface area contributed by atoms with E-state index < -0.39 is 23.2 Å². The second-order valence-corrected chi connectivity index (χ2v) is 11.0. The molecule has 0 radical (unpaired) electrons. The molecule has 0 saturated carbocycles. The van der Waals surface area contributed by atoms with Crippen molar-refractivity contribution in [2.75, 3.05) is 35.2 Å². The number of carbonyl (C=O) groups is 2. The summed E-state index contributed by atoms with van der Waals surface area (Å²) >= 11 is 0. The normalized spacial score (nSPS) is 15.8. The zero-order valence-corrected chi connectivity index (χ0v) is 24.2. The lowest BCUT2D eigenvalue weighted by atomic mass is 9.88. The standard InChI is InChI=1S/C30H35F3N6O3/c1-6-29(4,5)27(40)38-13-14-39(20(3)17-38)25-16-26(35-18-34-25)42-23-11-9-21(10-12-23)36-28(41)37-22-8-7-19(2)24(15-22)30(31,32)33/h7-12,15-16,18,20H,6,13-14,17H2,1-5H3,(H2,36,37,41)/t20-/m1/s1. The van der Waals surface area contributed by atoms with E-state index in [-0.39, 0.29) is 23.2 Å². The van der Waals surface area contributed by atoms with Gasteiger partial charge in [0.2, 0.25) is 11.8 Å². The van der Waals surface area contributed by atoms with Gasteiger partial charge in [0.1, 0.15) is 17.9 Å². The van der Waals surface area contributed by atoms with Crippen LogP contribution in [-0.4, -0.2) is 52.5 Å². The fourth-order valence-corrected chi connectivity index (χ4v) is 4.63. The van der Waals surface area contributed by atoms with Crippen LogP contribution in [0.1, 0.15) is 45.2 Å². The number of aromatic nitrogens is 2. The summed E-state index contributed by atoms with van der Waals surface area (Å²) in [5.41, 5.74) is -0.692. The molecule has 224 valence electrons. The quantitative estimate of drug-likeness (QED) is 0.320. The Bertz CT molecular complexity index is 1430. The number of nitrogens with zero attached hydrogens (tertiary/aromatic N) is 4. The Morgan fingerprint density at radius 2 is 1.67 bits per heavy atom. The van der Waals surface area contributed by atoms with Crippen molar-refractivity contribution in [3.63, 3.8) is 0 Å². The number of hydrogen-bond acceptors (Lipinski definition) is 6. The van der Waals surface area contributed by atoms with Crippen molar-refractivity contribution in [3.05, 3.63) is 66.0 Å². The number of piperazine rings is 1. The van der Waals surface area contributed by atoms with Gasteiger partial charge in [-0.25, -0.2) is 14.8 Å². The Labute approximate surface area is 243 Å². The lowest BCUT2D eigenvalue weighted by Crippen LogP contribution is -2.56. The number of halogens is 3. The number of urea groups is 1. The first-order valence-electron chi connectivity index (χ1n) is 13.7. The van der Waals surface area contributed by atoms with Crippen LogP contribution >= 0.6 is 0 Å². The van der Waals surface area contributed by atoms with E-state index in [9.17, 15) is 22.8 Å². The summed E-state index contributed by atoms with van der Waals surface area (Å²) in [5.74, 6) is 1.64. The molecule has 1 aromatic heterocycles. The molecule has 2 N–H and O–H groups in total. The first-order chi connectivity index (χ1) is 19.8. The van der Waals surface area contributed by atoms with Gasteiger partial charge >= 0.3 is 12.2 Å². The first kappa shape index (κ1) is 30.6. The number of amides is 3. The van der Waals surface area contributed by atoms with Gasteiger partial charge in [0, 0.05) is 48.5 Å². The maximum Gasteiger partial charge on any atom is 0.416 e. The van der Waals surface area contributed by atoms with Crippen LogP contribution in [-0.2, 0) is 11.0 Å². The highest BCUT2D eigenvalue weighted by atomic mass is 19.4. The van der Waals surface area contributed by atoms with E-state index in [0.717, 1.165) is 12.5 Å². The fraction of sp³-hybridized carbons (Fsp3) is 0.400. The van der Waals surface area contributed by atoms with E-state index >= 15 is 0 Å². The minimum atomic E-state index is -4.52. The molecule has 3 amide bonds.